The molecule has 0 saturated heterocycles. The van der Waals surface area contributed by atoms with Crippen molar-refractivity contribution in [2.45, 2.75) is 57.5 Å². The van der Waals surface area contributed by atoms with Gasteiger partial charge >= 0.3 is 5.97 Å². The Balaban J connectivity index is 1.25. The molecule has 38 heavy (non-hydrogen) atoms. The fourth-order valence-electron chi connectivity index (χ4n) is 6.35. The quantitative estimate of drug-likeness (QED) is 0.295. The van der Waals surface area contributed by atoms with E-state index in [0.717, 1.165) is 61.0 Å². The Hall–Kier alpha value is -3.60. The molecule has 1 fully saturated rings. The number of methoxy groups -OCH3 is 1. The summed E-state index contributed by atoms with van der Waals surface area (Å²) < 4.78 is 31.8. The fraction of sp³-hybridized carbons (Fsp3) is 0.364. The van der Waals surface area contributed by atoms with Gasteiger partial charge in [-0.1, -0.05) is 24.3 Å². The van der Waals surface area contributed by atoms with Gasteiger partial charge in [0.05, 0.1) is 19.6 Å². The second kappa shape index (κ2) is 9.94. The van der Waals surface area contributed by atoms with Gasteiger partial charge < -0.3 is 14.2 Å². The first-order chi connectivity index (χ1) is 18.5. The highest BCUT2D eigenvalue weighted by atomic mass is 19.1. The molecular weight excluding hydrogens is 479 g/mol. The van der Waals surface area contributed by atoms with Gasteiger partial charge in [-0.05, 0) is 115 Å². The van der Waals surface area contributed by atoms with Gasteiger partial charge in [-0.15, -0.1) is 0 Å². The number of esters is 1. The third-order valence-electron chi connectivity index (χ3n) is 8.44. The number of allylic oxidation sites excluding steroid dienone is 2. The summed E-state index contributed by atoms with van der Waals surface area (Å²) in [7, 11) is 1.60. The first-order valence-corrected chi connectivity index (χ1v) is 13.6. The smallest absolute Gasteiger partial charge is 0.309 e. The highest BCUT2D eigenvalue weighted by Crippen LogP contribution is 2.62. The lowest BCUT2D eigenvalue weighted by Crippen LogP contribution is -2.15. The lowest BCUT2D eigenvalue weighted by atomic mass is 9.92. The number of carbonyl (C=O) groups is 1. The van der Waals surface area contributed by atoms with Crippen molar-refractivity contribution < 1.29 is 23.4 Å². The maximum atomic E-state index is 14.9. The van der Waals surface area contributed by atoms with Crippen LogP contribution < -0.4 is 9.47 Å². The van der Waals surface area contributed by atoms with E-state index in [4.69, 9.17) is 14.2 Å². The Morgan fingerprint density at radius 1 is 1.00 bits per heavy atom. The van der Waals surface area contributed by atoms with Crippen LogP contribution in [0.2, 0.25) is 0 Å². The second-order valence-electron chi connectivity index (χ2n) is 10.6. The molecule has 3 aromatic carbocycles. The van der Waals surface area contributed by atoms with Gasteiger partial charge in [0.15, 0.2) is 0 Å². The van der Waals surface area contributed by atoms with E-state index in [1.807, 2.05) is 25.1 Å². The maximum absolute atomic E-state index is 14.9. The highest BCUT2D eigenvalue weighted by Gasteiger charge is 2.62. The van der Waals surface area contributed by atoms with Gasteiger partial charge in [-0.2, -0.15) is 0 Å². The molecule has 3 aliphatic carbocycles. The molecule has 196 valence electrons. The molecule has 6 rings (SSSR count). The molecule has 0 amide bonds. The van der Waals surface area contributed by atoms with Crippen molar-refractivity contribution in [2.75, 3.05) is 13.7 Å². The lowest BCUT2D eigenvalue weighted by molar-refractivity contribution is -0.145. The van der Waals surface area contributed by atoms with Gasteiger partial charge in [0.1, 0.15) is 23.9 Å². The first kappa shape index (κ1) is 24.7. The summed E-state index contributed by atoms with van der Waals surface area (Å²) >= 11 is 0. The summed E-state index contributed by atoms with van der Waals surface area (Å²) in [6.45, 7) is 2.69. The van der Waals surface area contributed by atoms with E-state index in [9.17, 15) is 9.18 Å². The van der Waals surface area contributed by atoms with Crippen LogP contribution in [0.25, 0.3) is 16.7 Å². The van der Waals surface area contributed by atoms with Crippen LogP contribution in [-0.2, 0) is 28.0 Å². The predicted octanol–water partition coefficient (Wildman–Crippen LogP) is 7.41. The molecule has 0 N–H and O–H groups in total. The Morgan fingerprint density at radius 3 is 2.66 bits per heavy atom. The molecule has 1 saturated carbocycles. The minimum absolute atomic E-state index is 0.0363. The van der Waals surface area contributed by atoms with E-state index >= 15 is 0 Å². The Morgan fingerprint density at radius 2 is 1.87 bits per heavy atom. The van der Waals surface area contributed by atoms with Crippen molar-refractivity contribution in [2.24, 2.45) is 5.92 Å². The average molecular weight is 513 g/mol. The van der Waals surface area contributed by atoms with E-state index in [2.05, 4.69) is 24.3 Å². The van der Waals surface area contributed by atoms with Crippen LogP contribution in [0.5, 0.6) is 11.5 Å². The number of hydrogen-bond donors (Lipinski definition) is 0. The van der Waals surface area contributed by atoms with Gasteiger partial charge in [-0.25, -0.2) is 4.39 Å². The molecule has 0 bridgehead atoms. The van der Waals surface area contributed by atoms with Gasteiger partial charge in [0.2, 0.25) is 0 Å². The molecule has 3 aromatic rings. The van der Waals surface area contributed by atoms with E-state index in [-0.39, 0.29) is 23.1 Å². The normalized spacial score (nSPS) is 21.2. The van der Waals surface area contributed by atoms with Crippen molar-refractivity contribution in [3.8, 4) is 22.6 Å². The fourth-order valence-corrected chi connectivity index (χ4v) is 6.35. The van der Waals surface area contributed by atoms with E-state index in [1.54, 1.807) is 19.2 Å². The van der Waals surface area contributed by atoms with Crippen LogP contribution in [0.15, 0.2) is 60.7 Å². The Labute approximate surface area is 223 Å². The molecule has 2 atom stereocenters. The standard InChI is InChI=1S/C33H33FO4/c1-3-37-32(35)30-19-33(30)15-14-23-9-10-25(18-29(23)33)38-20-21-8-12-26(27(16-21)22-6-4-5-7-22)28-17-24(36-2)11-13-31(28)34/h6,8-13,16-18,30H,3-5,7,14-15,19-20H2,1-2H3/t30-,33?/m0/s1. The lowest BCUT2D eigenvalue weighted by Gasteiger charge is -2.16. The zero-order valence-electron chi connectivity index (χ0n) is 22.0. The topological polar surface area (TPSA) is 44.8 Å². The third kappa shape index (κ3) is 4.38. The average Bonchev–Trinajstić information content (AvgIpc) is 3.24. The van der Waals surface area contributed by atoms with Crippen LogP contribution in [0.1, 0.15) is 61.3 Å². The first-order valence-electron chi connectivity index (χ1n) is 13.6. The molecule has 1 spiro atoms. The van der Waals surface area contributed by atoms with Crippen LogP contribution in [0, 0.1) is 11.7 Å². The Bertz CT molecular complexity index is 1420. The minimum Gasteiger partial charge on any atom is -0.497 e. The molecule has 0 heterocycles. The number of carbonyl (C=O) groups excluding carboxylic acids is 1. The number of ether oxygens (including phenoxy) is 3. The van der Waals surface area contributed by atoms with Crippen LogP contribution in [0.3, 0.4) is 0 Å². The number of halogens is 1. The summed E-state index contributed by atoms with van der Waals surface area (Å²) in [6, 6.07) is 17.3. The highest BCUT2D eigenvalue weighted by molar-refractivity contribution is 5.83. The number of hydrogen-bond acceptors (Lipinski definition) is 4. The third-order valence-corrected chi connectivity index (χ3v) is 8.44. The molecular formula is C33H33FO4. The van der Waals surface area contributed by atoms with Crippen LogP contribution >= 0.6 is 0 Å². The molecule has 0 radical (unpaired) electrons. The monoisotopic (exact) mass is 512 g/mol. The molecule has 1 unspecified atom stereocenters. The van der Waals surface area contributed by atoms with Crippen molar-refractivity contribution >= 4 is 11.5 Å². The zero-order valence-corrected chi connectivity index (χ0v) is 22.0. The van der Waals surface area contributed by atoms with Gasteiger partial charge in [0, 0.05) is 11.0 Å². The molecule has 0 aromatic heterocycles. The minimum atomic E-state index is -0.261. The zero-order chi connectivity index (χ0) is 26.3. The number of rotatable bonds is 8. The van der Waals surface area contributed by atoms with Crippen molar-refractivity contribution in [3.63, 3.8) is 0 Å². The van der Waals surface area contributed by atoms with E-state index < -0.39 is 0 Å². The number of benzene rings is 3. The molecule has 0 aliphatic heterocycles. The molecule has 5 heteroatoms. The Kier molecular flexibility index (Phi) is 6.46. The largest absolute Gasteiger partial charge is 0.497 e. The van der Waals surface area contributed by atoms with Crippen molar-refractivity contribution in [3.05, 3.63) is 88.7 Å². The molecule has 3 aliphatic rings. The van der Waals surface area contributed by atoms with E-state index in [0.29, 0.717) is 24.5 Å². The second-order valence-corrected chi connectivity index (χ2v) is 10.6. The number of aryl methyl sites for hydroxylation is 1. The molecule has 4 nitrogen and oxygen atoms in total. The summed E-state index contributed by atoms with van der Waals surface area (Å²) in [5.74, 6) is 1.07. The van der Waals surface area contributed by atoms with Crippen LogP contribution in [-0.4, -0.2) is 19.7 Å². The summed E-state index contributed by atoms with van der Waals surface area (Å²) in [5.41, 5.74) is 7.23. The predicted molar refractivity (Wildman–Crippen MR) is 146 cm³/mol. The van der Waals surface area contributed by atoms with Gasteiger partial charge in [-0.3, -0.25) is 4.79 Å². The van der Waals surface area contributed by atoms with Crippen LogP contribution in [0.4, 0.5) is 4.39 Å². The number of fused-ring (bicyclic) bond motifs is 2. The maximum Gasteiger partial charge on any atom is 0.309 e. The summed E-state index contributed by atoms with van der Waals surface area (Å²) in [5, 5.41) is 0. The van der Waals surface area contributed by atoms with E-state index in [1.165, 1.54) is 22.8 Å². The SMILES string of the molecule is CCOC(=O)[C@@H]1CC12CCc1ccc(OCc3ccc(-c4cc(OC)ccc4F)c(C4=CCCC4)c3)cc12. The van der Waals surface area contributed by atoms with Gasteiger partial charge in [0.25, 0.3) is 0 Å². The summed E-state index contributed by atoms with van der Waals surface area (Å²) in [4.78, 5) is 12.4. The van der Waals surface area contributed by atoms with Crippen molar-refractivity contribution in [1.82, 2.24) is 0 Å². The van der Waals surface area contributed by atoms with Crippen molar-refractivity contribution in [1.29, 1.82) is 0 Å². The summed E-state index contributed by atoms with van der Waals surface area (Å²) in [6.07, 6.45) is 8.25.